The smallest absolute Gasteiger partial charge is 0.244 e. The van der Waals surface area contributed by atoms with Crippen molar-refractivity contribution in [1.82, 2.24) is 5.32 Å². The number of ether oxygens (including phenoxy) is 3. The lowest BCUT2D eigenvalue weighted by atomic mass is 9.90. The van der Waals surface area contributed by atoms with Crippen molar-refractivity contribution >= 4 is 5.91 Å². The predicted molar refractivity (Wildman–Crippen MR) is 79.9 cm³/mol. The minimum absolute atomic E-state index is 0.149. The van der Waals surface area contributed by atoms with Crippen LogP contribution < -0.4 is 11.1 Å². The summed E-state index contributed by atoms with van der Waals surface area (Å²) >= 11 is 0. The first-order valence-electron chi connectivity index (χ1n) is 6.86. The maximum Gasteiger partial charge on any atom is 0.244 e. The lowest BCUT2D eigenvalue weighted by Gasteiger charge is -2.30. The van der Waals surface area contributed by atoms with E-state index in [4.69, 9.17) is 19.9 Å². The number of primary amides is 1. The molecule has 21 heavy (non-hydrogen) atoms. The van der Waals surface area contributed by atoms with Gasteiger partial charge in [-0.05, 0) is 12.6 Å². The molecular formula is C15H24N2O4. The number of carbonyl (C=O) groups is 1. The number of carbonyl (C=O) groups excluding carboxylic acids is 1. The number of nitrogens with one attached hydrogen (secondary N) is 1. The number of methoxy groups -OCH3 is 1. The first kappa shape index (κ1) is 17.6. The Balaban J connectivity index is 2.54. The summed E-state index contributed by atoms with van der Waals surface area (Å²) in [6.45, 7) is 2.04. The molecule has 6 nitrogen and oxygen atoms in total. The van der Waals surface area contributed by atoms with Gasteiger partial charge in [0.2, 0.25) is 5.91 Å². The van der Waals surface area contributed by atoms with Gasteiger partial charge in [0.25, 0.3) is 0 Å². The molecule has 1 unspecified atom stereocenters. The van der Waals surface area contributed by atoms with Crippen LogP contribution in [0, 0.1) is 0 Å². The van der Waals surface area contributed by atoms with Gasteiger partial charge in [0.1, 0.15) is 5.54 Å². The van der Waals surface area contributed by atoms with Gasteiger partial charge in [-0.3, -0.25) is 4.79 Å². The number of hydrogen-bond acceptors (Lipinski definition) is 5. The standard InChI is InChI=1S/C15H24N2O4/c1-17-15(14(16)18,13-6-4-3-5-7-13)12-21-11-10-20-9-8-19-2/h3-7,17H,8-12H2,1-2H3,(H2,16,18). The number of hydrogen-bond donors (Lipinski definition) is 2. The molecule has 0 aliphatic rings. The zero-order valence-corrected chi connectivity index (χ0v) is 12.6. The molecular weight excluding hydrogens is 272 g/mol. The van der Waals surface area contributed by atoms with Crippen molar-refractivity contribution in [2.75, 3.05) is 47.2 Å². The maximum absolute atomic E-state index is 11.9. The molecule has 6 heteroatoms. The molecule has 1 atom stereocenters. The van der Waals surface area contributed by atoms with Gasteiger partial charge in [-0.1, -0.05) is 30.3 Å². The van der Waals surface area contributed by atoms with Crippen LogP contribution in [0.3, 0.4) is 0 Å². The highest BCUT2D eigenvalue weighted by molar-refractivity contribution is 5.86. The molecule has 1 aromatic carbocycles. The Bertz CT molecular complexity index is 413. The third-order valence-electron chi connectivity index (χ3n) is 3.24. The molecule has 0 heterocycles. The van der Waals surface area contributed by atoms with E-state index < -0.39 is 11.4 Å². The Kier molecular flexibility index (Phi) is 7.92. The third-order valence-corrected chi connectivity index (χ3v) is 3.24. The van der Waals surface area contributed by atoms with E-state index in [0.29, 0.717) is 26.4 Å². The molecule has 0 aliphatic carbocycles. The zero-order chi connectivity index (χ0) is 15.6. The highest BCUT2D eigenvalue weighted by Crippen LogP contribution is 2.21. The van der Waals surface area contributed by atoms with Gasteiger partial charge < -0.3 is 25.3 Å². The van der Waals surface area contributed by atoms with Gasteiger partial charge in [-0.2, -0.15) is 0 Å². The molecule has 0 fully saturated rings. The lowest BCUT2D eigenvalue weighted by molar-refractivity contribution is -0.127. The van der Waals surface area contributed by atoms with Gasteiger partial charge in [-0.15, -0.1) is 0 Å². The van der Waals surface area contributed by atoms with E-state index in [2.05, 4.69) is 5.32 Å². The van der Waals surface area contributed by atoms with E-state index in [9.17, 15) is 4.79 Å². The summed E-state index contributed by atoms with van der Waals surface area (Å²) in [6.07, 6.45) is 0. The molecule has 3 N–H and O–H groups in total. The Hall–Kier alpha value is -1.47. The van der Waals surface area contributed by atoms with E-state index in [1.165, 1.54) is 0 Å². The SMILES string of the molecule is CNC(COCCOCCOC)(C(N)=O)c1ccccc1. The van der Waals surface area contributed by atoms with E-state index in [1.54, 1.807) is 14.2 Å². The van der Waals surface area contributed by atoms with Crippen LogP contribution in [0.2, 0.25) is 0 Å². The largest absolute Gasteiger partial charge is 0.382 e. The van der Waals surface area contributed by atoms with Crippen molar-refractivity contribution in [2.24, 2.45) is 5.73 Å². The van der Waals surface area contributed by atoms with Crippen molar-refractivity contribution in [3.05, 3.63) is 35.9 Å². The average Bonchev–Trinajstić information content (AvgIpc) is 2.51. The third kappa shape index (κ3) is 5.09. The van der Waals surface area contributed by atoms with E-state index in [0.717, 1.165) is 5.56 Å². The Morgan fingerprint density at radius 2 is 1.76 bits per heavy atom. The minimum atomic E-state index is -1.03. The summed E-state index contributed by atoms with van der Waals surface area (Å²) < 4.78 is 15.7. The van der Waals surface area contributed by atoms with Crippen LogP contribution in [0.4, 0.5) is 0 Å². The molecule has 0 radical (unpaired) electrons. The van der Waals surface area contributed by atoms with E-state index >= 15 is 0 Å². The zero-order valence-electron chi connectivity index (χ0n) is 12.6. The number of likely N-dealkylation sites (N-methyl/N-ethyl adjacent to an activating group) is 1. The molecule has 1 rings (SSSR count). The normalized spacial score (nSPS) is 13.8. The summed E-state index contributed by atoms with van der Waals surface area (Å²) in [5.41, 5.74) is 5.31. The quantitative estimate of drug-likeness (QED) is 0.573. The molecule has 0 spiro atoms. The summed E-state index contributed by atoms with van der Waals surface area (Å²) in [5.74, 6) is -0.475. The molecule has 118 valence electrons. The second kappa shape index (κ2) is 9.46. The fourth-order valence-electron chi connectivity index (χ4n) is 1.95. The maximum atomic E-state index is 11.9. The molecule has 0 saturated heterocycles. The van der Waals surface area contributed by atoms with Crippen LogP contribution in [-0.2, 0) is 24.5 Å². The lowest BCUT2D eigenvalue weighted by Crippen LogP contribution is -2.54. The van der Waals surface area contributed by atoms with Gasteiger partial charge in [0.05, 0.1) is 33.0 Å². The highest BCUT2D eigenvalue weighted by Gasteiger charge is 2.37. The Morgan fingerprint density at radius 3 is 2.33 bits per heavy atom. The monoisotopic (exact) mass is 296 g/mol. The van der Waals surface area contributed by atoms with Crippen LogP contribution in [0.1, 0.15) is 5.56 Å². The van der Waals surface area contributed by atoms with Crippen molar-refractivity contribution in [3.8, 4) is 0 Å². The summed E-state index contributed by atoms with van der Waals surface area (Å²) in [7, 11) is 3.31. The minimum Gasteiger partial charge on any atom is -0.382 e. The van der Waals surface area contributed by atoms with Crippen LogP contribution >= 0.6 is 0 Å². The second-order valence-corrected chi connectivity index (χ2v) is 4.54. The van der Waals surface area contributed by atoms with Crippen molar-refractivity contribution < 1.29 is 19.0 Å². The fourth-order valence-corrected chi connectivity index (χ4v) is 1.95. The highest BCUT2D eigenvalue weighted by atomic mass is 16.5. The molecule has 1 aromatic rings. The predicted octanol–water partition coefficient (Wildman–Crippen LogP) is 0.266. The molecule has 0 aliphatic heterocycles. The van der Waals surface area contributed by atoms with Gasteiger partial charge in [0, 0.05) is 7.11 Å². The molecule has 0 bridgehead atoms. The summed E-state index contributed by atoms with van der Waals surface area (Å²) in [4.78, 5) is 11.9. The van der Waals surface area contributed by atoms with E-state index in [1.807, 2.05) is 30.3 Å². The summed E-state index contributed by atoms with van der Waals surface area (Å²) in [5, 5.41) is 2.98. The number of nitrogens with two attached hydrogens (primary N) is 1. The molecule has 1 amide bonds. The second-order valence-electron chi connectivity index (χ2n) is 4.54. The van der Waals surface area contributed by atoms with Crippen LogP contribution in [0.5, 0.6) is 0 Å². The average molecular weight is 296 g/mol. The van der Waals surface area contributed by atoms with Crippen molar-refractivity contribution in [3.63, 3.8) is 0 Å². The van der Waals surface area contributed by atoms with Gasteiger partial charge in [0.15, 0.2) is 0 Å². The van der Waals surface area contributed by atoms with Crippen LogP contribution in [0.25, 0.3) is 0 Å². The van der Waals surface area contributed by atoms with Gasteiger partial charge >= 0.3 is 0 Å². The first-order valence-corrected chi connectivity index (χ1v) is 6.86. The molecule has 0 aromatic heterocycles. The van der Waals surface area contributed by atoms with Crippen LogP contribution in [-0.4, -0.2) is 53.1 Å². The topological polar surface area (TPSA) is 82.8 Å². The Morgan fingerprint density at radius 1 is 1.14 bits per heavy atom. The van der Waals surface area contributed by atoms with E-state index in [-0.39, 0.29) is 6.61 Å². The number of amides is 1. The van der Waals surface area contributed by atoms with Gasteiger partial charge in [-0.25, -0.2) is 0 Å². The Labute approximate surface area is 125 Å². The molecule has 0 saturated carbocycles. The summed E-state index contributed by atoms with van der Waals surface area (Å²) in [6, 6.07) is 9.30. The number of rotatable bonds is 11. The van der Waals surface area contributed by atoms with Crippen LogP contribution in [0.15, 0.2) is 30.3 Å². The first-order chi connectivity index (χ1) is 10.2. The number of benzene rings is 1. The van der Waals surface area contributed by atoms with Crippen molar-refractivity contribution in [1.29, 1.82) is 0 Å². The fraction of sp³-hybridized carbons (Fsp3) is 0.533. The van der Waals surface area contributed by atoms with Crippen molar-refractivity contribution in [2.45, 2.75) is 5.54 Å².